The van der Waals surface area contributed by atoms with E-state index in [1.165, 1.54) is 19.3 Å². The van der Waals surface area contributed by atoms with Gasteiger partial charge in [0, 0.05) is 0 Å². The molecule has 0 spiro atoms. The van der Waals surface area contributed by atoms with Gasteiger partial charge in [0.15, 0.2) is 0 Å². The molecule has 0 nitrogen and oxygen atoms in total. The SMILES string of the molecule is CCCCCC[B]F. The van der Waals surface area contributed by atoms with Crippen molar-refractivity contribution in [3.8, 4) is 0 Å². The highest BCUT2D eigenvalue weighted by molar-refractivity contribution is 6.25. The normalized spacial score (nSPS) is 9.25. The first-order chi connectivity index (χ1) is 3.91. The van der Waals surface area contributed by atoms with E-state index in [-0.39, 0.29) is 0 Å². The zero-order chi connectivity index (χ0) is 6.24. The summed E-state index contributed by atoms with van der Waals surface area (Å²) in [7, 11) is 0.746. The lowest BCUT2D eigenvalue weighted by atomic mass is 9.94. The van der Waals surface area contributed by atoms with Gasteiger partial charge in [-0.2, -0.15) is 0 Å². The summed E-state index contributed by atoms with van der Waals surface area (Å²) in [6.45, 7) is 2.15. The first-order valence-corrected chi connectivity index (χ1v) is 3.33. The van der Waals surface area contributed by atoms with Gasteiger partial charge in [0.25, 0.3) is 0 Å². The fourth-order valence-electron chi connectivity index (χ4n) is 0.648. The Bertz CT molecular complexity index is 33.5. The second kappa shape index (κ2) is 6.99. The van der Waals surface area contributed by atoms with Crippen molar-refractivity contribution in [3.05, 3.63) is 0 Å². The van der Waals surface area contributed by atoms with E-state index in [0.717, 1.165) is 14.0 Å². The Labute approximate surface area is 51.8 Å². The summed E-state index contributed by atoms with van der Waals surface area (Å²) in [4.78, 5) is 0. The molecule has 0 heterocycles. The van der Waals surface area contributed by atoms with Crippen molar-refractivity contribution in [2.45, 2.75) is 38.9 Å². The fourth-order valence-corrected chi connectivity index (χ4v) is 0.648. The van der Waals surface area contributed by atoms with Crippen LogP contribution in [0, 0.1) is 0 Å². The average molecular weight is 115 g/mol. The van der Waals surface area contributed by atoms with Crippen LogP contribution >= 0.6 is 0 Å². The largest absolute Gasteiger partial charge is 0.354 e. The summed E-state index contributed by atoms with van der Waals surface area (Å²) in [5.41, 5.74) is 0. The molecule has 0 unspecified atom stereocenters. The number of hydrogen-bond acceptors (Lipinski definition) is 0. The Morgan fingerprint density at radius 2 is 2.00 bits per heavy atom. The number of hydrogen-bond donors (Lipinski definition) is 0. The van der Waals surface area contributed by atoms with Crippen LogP contribution < -0.4 is 0 Å². The Balaban J connectivity index is 2.53. The molecule has 0 aromatic heterocycles. The fraction of sp³-hybridized carbons (Fsp3) is 1.00. The maximum atomic E-state index is 11.3. The zero-order valence-corrected chi connectivity index (χ0v) is 5.49. The van der Waals surface area contributed by atoms with E-state index in [1.54, 1.807) is 0 Å². The van der Waals surface area contributed by atoms with E-state index < -0.39 is 0 Å². The molecule has 0 aliphatic rings. The molecule has 0 fully saturated rings. The molecule has 8 heavy (non-hydrogen) atoms. The van der Waals surface area contributed by atoms with E-state index in [4.69, 9.17) is 0 Å². The summed E-state index contributed by atoms with van der Waals surface area (Å²) < 4.78 is 11.3. The van der Waals surface area contributed by atoms with Gasteiger partial charge < -0.3 is 4.32 Å². The van der Waals surface area contributed by atoms with Crippen LogP contribution in [0.15, 0.2) is 0 Å². The second-order valence-corrected chi connectivity index (χ2v) is 2.00. The molecular formula is C6H13BF. The zero-order valence-electron chi connectivity index (χ0n) is 5.49. The highest BCUT2D eigenvalue weighted by Gasteiger charge is 1.88. The standard InChI is InChI=1S/C6H13BF/c1-2-3-4-5-6-7-8/h2-6H2,1H3. The number of rotatable bonds is 5. The van der Waals surface area contributed by atoms with Gasteiger partial charge in [0.2, 0.25) is 0 Å². The Morgan fingerprint density at radius 3 is 2.50 bits per heavy atom. The maximum Gasteiger partial charge on any atom is 0.354 e. The van der Waals surface area contributed by atoms with Crippen molar-refractivity contribution in [1.29, 1.82) is 0 Å². The van der Waals surface area contributed by atoms with Crippen molar-refractivity contribution < 1.29 is 4.32 Å². The van der Waals surface area contributed by atoms with Gasteiger partial charge in [0.1, 0.15) is 0 Å². The van der Waals surface area contributed by atoms with E-state index in [0.29, 0.717) is 6.32 Å². The van der Waals surface area contributed by atoms with Crippen LogP contribution in [0.5, 0.6) is 0 Å². The van der Waals surface area contributed by atoms with Crippen molar-refractivity contribution >= 4 is 7.56 Å². The molecule has 2 heteroatoms. The average Bonchev–Trinajstić information content (AvgIpc) is 1.81. The molecule has 0 aliphatic heterocycles. The molecule has 0 aromatic carbocycles. The summed E-state index contributed by atoms with van der Waals surface area (Å²) >= 11 is 0. The quantitative estimate of drug-likeness (QED) is 0.381. The number of halogens is 1. The van der Waals surface area contributed by atoms with Crippen molar-refractivity contribution in [2.24, 2.45) is 0 Å². The lowest BCUT2D eigenvalue weighted by Gasteiger charge is -1.91. The molecule has 0 bridgehead atoms. The minimum absolute atomic E-state index is 0.639. The minimum atomic E-state index is 0.639. The topological polar surface area (TPSA) is 0 Å². The Morgan fingerprint density at radius 1 is 1.25 bits per heavy atom. The summed E-state index contributed by atoms with van der Waals surface area (Å²) in [5, 5.41) is 0. The molecule has 0 rings (SSSR count). The van der Waals surface area contributed by atoms with Crippen LogP contribution in [0.1, 0.15) is 32.6 Å². The van der Waals surface area contributed by atoms with E-state index in [2.05, 4.69) is 6.92 Å². The van der Waals surface area contributed by atoms with Gasteiger partial charge in [-0.1, -0.05) is 32.6 Å². The van der Waals surface area contributed by atoms with Gasteiger partial charge in [-0.3, -0.25) is 0 Å². The first-order valence-electron chi connectivity index (χ1n) is 3.33. The lowest BCUT2D eigenvalue weighted by molar-refractivity contribution is 0.691. The third-order valence-corrected chi connectivity index (χ3v) is 1.17. The first kappa shape index (κ1) is 7.99. The minimum Gasteiger partial charge on any atom is -0.343 e. The van der Waals surface area contributed by atoms with Crippen LogP contribution in [0.4, 0.5) is 4.32 Å². The van der Waals surface area contributed by atoms with Crippen LogP contribution in [-0.4, -0.2) is 7.56 Å². The van der Waals surface area contributed by atoms with Crippen LogP contribution in [0.2, 0.25) is 6.32 Å². The van der Waals surface area contributed by atoms with Crippen LogP contribution in [0.3, 0.4) is 0 Å². The van der Waals surface area contributed by atoms with Gasteiger partial charge >= 0.3 is 7.56 Å². The van der Waals surface area contributed by atoms with Crippen LogP contribution in [-0.2, 0) is 0 Å². The second-order valence-electron chi connectivity index (χ2n) is 2.00. The predicted molar refractivity (Wildman–Crippen MR) is 35.8 cm³/mol. The third kappa shape index (κ3) is 5.99. The van der Waals surface area contributed by atoms with Gasteiger partial charge in [-0.15, -0.1) is 0 Å². The molecule has 1 radical (unpaired) electrons. The molecule has 0 atom stereocenters. The summed E-state index contributed by atoms with van der Waals surface area (Å²) in [5.74, 6) is 0. The maximum absolute atomic E-state index is 11.3. The van der Waals surface area contributed by atoms with Crippen molar-refractivity contribution in [3.63, 3.8) is 0 Å². The predicted octanol–water partition coefficient (Wildman–Crippen LogP) is 2.57. The summed E-state index contributed by atoms with van der Waals surface area (Å²) in [6, 6.07) is 0. The molecule has 0 aromatic rings. The van der Waals surface area contributed by atoms with Crippen LogP contribution in [0.25, 0.3) is 0 Å². The third-order valence-electron chi connectivity index (χ3n) is 1.17. The van der Waals surface area contributed by atoms with E-state index >= 15 is 0 Å². The van der Waals surface area contributed by atoms with Crippen molar-refractivity contribution in [2.75, 3.05) is 0 Å². The van der Waals surface area contributed by atoms with E-state index in [9.17, 15) is 4.32 Å². The van der Waals surface area contributed by atoms with Crippen molar-refractivity contribution in [1.82, 2.24) is 0 Å². The van der Waals surface area contributed by atoms with Gasteiger partial charge in [-0.25, -0.2) is 0 Å². The van der Waals surface area contributed by atoms with Gasteiger partial charge in [-0.05, 0) is 6.32 Å². The van der Waals surface area contributed by atoms with E-state index in [1.807, 2.05) is 0 Å². The molecular weight excluding hydrogens is 102 g/mol. The monoisotopic (exact) mass is 115 g/mol. The highest BCUT2D eigenvalue weighted by atomic mass is 19.1. The highest BCUT2D eigenvalue weighted by Crippen LogP contribution is 2.01. The lowest BCUT2D eigenvalue weighted by Crippen LogP contribution is -1.79. The smallest absolute Gasteiger partial charge is 0.343 e. The molecule has 0 N–H and O–H groups in total. The molecule has 0 saturated heterocycles. The molecule has 0 aliphatic carbocycles. The number of unbranched alkanes of at least 4 members (excludes halogenated alkanes) is 3. The molecule has 0 saturated carbocycles. The Kier molecular flexibility index (Phi) is 6.99. The molecule has 0 amide bonds. The van der Waals surface area contributed by atoms with Gasteiger partial charge in [0.05, 0.1) is 0 Å². The summed E-state index contributed by atoms with van der Waals surface area (Å²) in [6.07, 6.45) is 5.31. The Hall–Kier alpha value is -0.00506. The molecule has 47 valence electrons.